The molecule has 4 rings (SSSR count). The first-order valence-corrected chi connectivity index (χ1v) is 9.20. The predicted octanol–water partition coefficient (Wildman–Crippen LogP) is 6.12. The van der Waals surface area contributed by atoms with Gasteiger partial charge in [0, 0.05) is 5.41 Å². The van der Waals surface area contributed by atoms with Gasteiger partial charge >= 0.3 is 0 Å². The molecular formula is C23H28O. The number of hydrogen-bond acceptors (Lipinski definition) is 1. The van der Waals surface area contributed by atoms with Crippen LogP contribution in [0.2, 0.25) is 0 Å². The molecule has 2 fully saturated rings. The Bertz CT molecular complexity index is 730. The van der Waals surface area contributed by atoms with E-state index in [4.69, 9.17) is 4.74 Å². The molecule has 0 saturated heterocycles. The van der Waals surface area contributed by atoms with Crippen molar-refractivity contribution in [2.45, 2.75) is 52.6 Å². The van der Waals surface area contributed by atoms with E-state index in [1.54, 1.807) is 0 Å². The van der Waals surface area contributed by atoms with Crippen molar-refractivity contribution in [1.29, 1.82) is 0 Å². The summed E-state index contributed by atoms with van der Waals surface area (Å²) in [7, 11) is 0. The van der Waals surface area contributed by atoms with Gasteiger partial charge in [-0.15, -0.1) is 0 Å². The fourth-order valence-corrected chi connectivity index (χ4v) is 5.41. The lowest BCUT2D eigenvalue weighted by molar-refractivity contribution is -0.0742. The van der Waals surface area contributed by atoms with Gasteiger partial charge < -0.3 is 4.74 Å². The Hall–Kier alpha value is -1.76. The van der Waals surface area contributed by atoms with Crippen LogP contribution in [-0.4, -0.2) is 0 Å². The van der Waals surface area contributed by atoms with Gasteiger partial charge in [-0.2, -0.15) is 0 Å². The summed E-state index contributed by atoms with van der Waals surface area (Å²) >= 11 is 0. The van der Waals surface area contributed by atoms with E-state index in [1.807, 2.05) is 0 Å². The third-order valence-corrected chi connectivity index (χ3v) is 7.41. The second-order valence-electron chi connectivity index (χ2n) is 8.60. The largest absolute Gasteiger partial charge is 0.482 e. The first-order chi connectivity index (χ1) is 11.4. The van der Waals surface area contributed by atoms with Crippen molar-refractivity contribution in [2.24, 2.45) is 16.7 Å². The molecule has 0 amide bonds. The zero-order valence-corrected chi connectivity index (χ0v) is 15.3. The van der Waals surface area contributed by atoms with Crippen LogP contribution in [0.1, 0.15) is 51.2 Å². The van der Waals surface area contributed by atoms with Gasteiger partial charge in [-0.25, -0.2) is 0 Å². The molecule has 0 N–H and O–H groups in total. The molecule has 126 valence electrons. The maximum absolute atomic E-state index is 6.88. The van der Waals surface area contributed by atoms with E-state index in [0.29, 0.717) is 5.41 Å². The molecule has 0 aromatic heterocycles. The molecule has 0 aliphatic heterocycles. The van der Waals surface area contributed by atoms with Crippen LogP contribution in [0.25, 0.3) is 0 Å². The normalized spacial score (nSPS) is 33.6. The van der Waals surface area contributed by atoms with Crippen molar-refractivity contribution in [3.05, 3.63) is 65.7 Å². The van der Waals surface area contributed by atoms with E-state index < -0.39 is 0 Å². The van der Waals surface area contributed by atoms with Crippen LogP contribution in [-0.2, 0) is 5.60 Å². The second-order valence-corrected chi connectivity index (χ2v) is 8.60. The molecule has 2 bridgehead atoms. The van der Waals surface area contributed by atoms with Crippen LogP contribution < -0.4 is 4.74 Å². The predicted molar refractivity (Wildman–Crippen MR) is 99.2 cm³/mol. The van der Waals surface area contributed by atoms with E-state index in [-0.39, 0.29) is 11.0 Å². The number of ether oxygens (including phenoxy) is 1. The Kier molecular flexibility index (Phi) is 3.36. The Morgan fingerprint density at radius 1 is 0.917 bits per heavy atom. The lowest BCUT2D eigenvalue weighted by atomic mass is 9.62. The van der Waals surface area contributed by atoms with E-state index in [0.717, 1.165) is 18.1 Å². The number of benzene rings is 2. The molecule has 1 nitrogen and oxygen atoms in total. The lowest BCUT2D eigenvalue weighted by Gasteiger charge is -2.48. The van der Waals surface area contributed by atoms with Crippen LogP contribution in [0.15, 0.2) is 54.6 Å². The van der Waals surface area contributed by atoms with Gasteiger partial charge in [0.25, 0.3) is 0 Å². The van der Waals surface area contributed by atoms with Crippen molar-refractivity contribution < 1.29 is 4.74 Å². The Morgan fingerprint density at radius 3 is 2.12 bits per heavy atom. The van der Waals surface area contributed by atoms with Crippen molar-refractivity contribution in [3.63, 3.8) is 0 Å². The summed E-state index contributed by atoms with van der Waals surface area (Å²) in [6, 6.07) is 19.5. The molecule has 0 unspecified atom stereocenters. The van der Waals surface area contributed by atoms with Crippen LogP contribution in [0, 0.1) is 23.7 Å². The highest BCUT2D eigenvalue weighted by Crippen LogP contribution is 2.73. The minimum Gasteiger partial charge on any atom is -0.482 e. The average molecular weight is 320 g/mol. The Labute approximate surface area is 146 Å². The van der Waals surface area contributed by atoms with E-state index in [1.165, 1.54) is 24.0 Å². The molecule has 24 heavy (non-hydrogen) atoms. The van der Waals surface area contributed by atoms with Crippen LogP contribution in [0.3, 0.4) is 0 Å². The fourth-order valence-electron chi connectivity index (χ4n) is 5.41. The zero-order valence-electron chi connectivity index (χ0n) is 15.3. The zero-order chi connectivity index (χ0) is 17.0. The summed E-state index contributed by atoms with van der Waals surface area (Å²) in [4.78, 5) is 0. The molecular weight excluding hydrogens is 292 g/mol. The van der Waals surface area contributed by atoms with Gasteiger partial charge in [0.2, 0.25) is 0 Å². The van der Waals surface area contributed by atoms with Crippen molar-refractivity contribution >= 4 is 0 Å². The number of aryl methyl sites for hydroxylation is 1. The molecule has 2 aromatic rings. The van der Waals surface area contributed by atoms with Gasteiger partial charge in [-0.05, 0) is 55.2 Å². The summed E-state index contributed by atoms with van der Waals surface area (Å²) in [6.45, 7) is 9.49. The molecule has 0 radical (unpaired) electrons. The first kappa shape index (κ1) is 15.7. The molecule has 0 spiro atoms. The van der Waals surface area contributed by atoms with Crippen molar-refractivity contribution in [1.82, 2.24) is 0 Å². The number of rotatable bonds is 3. The van der Waals surface area contributed by atoms with Crippen molar-refractivity contribution in [2.75, 3.05) is 0 Å². The Morgan fingerprint density at radius 2 is 1.58 bits per heavy atom. The summed E-state index contributed by atoms with van der Waals surface area (Å²) in [5, 5.41) is 0. The van der Waals surface area contributed by atoms with Gasteiger partial charge in [-0.1, -0.05) is 68.8 Å². The molecule has 2 aliphatic carbocycles. The summed E-state index contributed by atoms with van der Waals surface area (Å²) < 4.78 is 6.88. The van der Waals surface area contributed by atoms with Gasteiger partial charge in [0.05, 0.1) is 0 Å². The summed E-state index contributed by atoms with van der Waals surface area (Å²) in [6.07, 6.45) is 3.69. The molecule has 3 atom stereocenters. The van der Waals surface area contributed by atoms with E-state index >= 15 is 0 Å². The van der Waals surface area contributed by atoms with Gasteiger partial charge in [-0.3, -0.25) is 0 Å². The van der Waals surface area contributed by atoms with Gasteiger partial charge in [0.15, 0.2) is 0 Å². The smallest absolute Gasteiger partial charge is 0.140 e. The van der Waals surface area contributed by atoms with E-state index in [2.05, 4.69) is 82.3 Å². The minimum absolute atomic E-state index is 0.150. The monoisotopic (exact) mass is 320 g/mol. The minimum atomic E-state index is -0.226. The molecule has 1 heteroatoms. The van der Waals surface area contributed by atoms with Crippen LogP contribution in [0.4, 0.5) is 0 Å². The lowest BCUT2D eigenvalue weighted by Crippen LogP contribution is -2.49. The molecule has 2 aliphatic rings. The Balaban J connectivity index is 1.85. The molecule has 2 saturated carbocycles. The SMILES string of the molecule is Cc1ccc(O[C@]2(c3ccccc3)C[C@H]3CC[C@]2(C)C3(C)C)cc1. The number of hydrogen-bond donors (Lipinski definition) is 0. The quantitative estimate of drug-likeness (QED) is 0.662. The third-order valence-electron chi connectivity index (χ3n) is 7.41. The standard InChI is InChI=1S/C23H28O/c1-17-10-12-20(13-11-17)24-23(18-8-6-5-7-9-18)16-19-14-15-22(23,4)21(19,2)3/h5-13,19H,14-16H2,1-4H3/t19-,22-,23+/m1/s1. The number of fused-ring (bicyclic) bond motifs is 2. The van der Waals surface area contributed by atoms with Crippen molar-refractivity contribution in [3.8, 4) is 5.75 Å². The highest BCUT2D eigenvalue weighted by atomic mass is 16.5. The summed E-state index contributed by atoms with van der Waals surface area (Å²) in [5.41, 5.74) is 2.83. The first-order valence-electron chi connectivity index (χ1n) is 9.20. The topological polar surface area (TPSA) is 9.23 Å². The summed E-state index contributed by atoms with van der Waals surface area (Å²) in [5.74, 6) is 1.72. The highest BCUT2D eigenvalue weighted by Gasteiger charge is 2.70. The molecule has 0 heterocycles. The van der Waals surface area contributed by atoms with E-state index in [9.17, 15) is 0 Å². The van der Waals surface area contributed by atoms with Gasteiger partial charge in [0.1, 0.15) is 11.4 Å². The second kappa shape index (κ2) is 5.12. The average Bonchev–Trinajstić information content (AvgIpc) is 2.90. The fraction of sp³-hybridized carbons (Fsp3) is 0.478. The third kappa shape index (κ3) is 1.93. The molecule has 2 aromatic carbocycles. The van der Waals surface area contributed by atoms with Crippen LogP contribution in [0.5, 0.6) is 5.75 Å². The highest BCUT2D eigenvalue weighted by molar-refractivity contribution is 5.36. The maximum atomic E-state index is 6.88. The maximum Gasteiger partial charge on any atom is 0.140 e. The van der Waals surface area contributed by atoms with Crippen LogP contribution >= 0.6 is 0 Å².